The van der Waals surface area contributed by atoms with Gasteiger partial charge in [0.15, 0.2) is 5.82 Å². The summed E-state index contributed by atoms with van der Waals surface area (Å²) in [5, 5.41) is 17.5. The number of fused-ring (bicyclic) bond motifs is 1. The van der Waals surface area contributed by atoms with Gasteiger partial charge in [-0.15, -0.1) is 0 Å². The number of para-hydroxylation sites is 1. The highest BCUT2D eigenvalue weighted by Gasteiger charge is 2.21. The molecule has 24 heavy (non-hydrogen) atoms. The number of nitrogens with one attached hydrogen (secondary N) is 2. The van der Waals surface area contributed by atoms with Crippen LogP contribution >= 0.6 is 0 Å². The van der Waals surface area contributed by atoms with E-state index >= 15 is 0 Å². The Kier molecular flexibility index (Phi) is 4.17. The summed E-state index contributed by atoms with van der Waals surface area (Å²) < 4.78 is 0. The fourth-order valence-corrected chi connectivity index (χ4v) is 3.34. The first-order valence-corrected chi connectivity index (χ1v) is 8.61. The molecule has 0 saturated heterocycles. The molecule has 1 saturated carbocycles. The molecular formula is C19H22N4O. The Bertz CT molecular complexity index is 791. The Morgan fingerprint density at radius 3 is 2.71 bits per heavy atom. The van der Waals surface area contributed by atoms with Crippen molar-refractivity contribution in [2.24, 2.45) is 0 Å². The molecule has 0 bridgehead atoms. The molecule has 1 aliphatic carbocycles. The third kappa shape index (κ3) is 3.12. The third-order valence-electron chi connectivity index (χ3n) is 4.69. The maximum Gasteiger partial charge on any atom is 0.163 e. The number of anilines is 1. The van der Waals surface area contributed by atoms with E-state index in [2.05, 4.69) is 28.9 Å². The summed E-state index contributed by atoms with van der Waals surface area (Å²) in [6, 6.07) is 8.46. The molecule has 0 radical (unpaired) electrons. The van der Waals surface area contributed by atoms with Gasteiger partial charge in [0.2, 0.25) is 0 Å². The minimum Gasteiger partial charge on any atom is -0.393 e. The maximum atomic E-state index is 9.70. The number of aliphatic hydroxyl groups excluding tert-OH is 1. The molecule has 124 valence electrons. The van der Waals surface area contributed by atoms with Gasteiger partial charge in [0.25, 0.3) is 0 Å². The van der Waals surface area contributed by atoms with Crippen molar-refractivity contribution in [3.05, 3.63) is 48.4 Å². The third-order valence-corrected chi connectivity index (χ3v) is 4.69. The standard InChI is InChI=1S/C19H22N4O/c24-15-9-7-14(8-10-15)21-19-16-5-1-2-6-17(16)22-18(23-19)13-4-3-11-20-12-13/h1-6,12,14-15,20,24H,7-11H2,(H,21,22,23)/t14-,15-. The molecule has 5 nitrogen and oxygen atoms in total. The number of allylic oxidation sites excluding steroid dienone is 2. The minimum atomic E-state index is -0.149. The van der Waals surface area contributed by atoms with E-state index in [1.54, 1.807) is 0 Å². The summed E-state index contributed by atoms with van der Waals surface area (Å²) in [6.07, 6.45) is 9.59. The predicted molar refractivity (Wildman–Crippen MR) is 96.5 cm³/mol. The average molecular weight is 322 g/mol. The van der Waals surface area contributed by atoms with Crippen LogP contribution in [0.3, 0.4) is 0 Å². The smallest absolute Gasteiger partial charge is 0.163 e. The fraction of sp³-hybridized carbons (Fsp3) is 0.368. The zero-order chi connectivity index (χ0) is 16.4. The van der Waals surface area contributed by atoms with Crippen LogP contribution in [0.2, 0.25) is 0 Å². The number of hydrogen-bond acceptors (Lipinski definition) is 5. The lowest BCUT2D eigenvalue weighted by Crippen LogP contribution is -2.28. The minimum absolute atomic E-state index is 0.149. The summed E-state index contributed by atoms with van der Waals surface area (Å²) >= 11 is 0. The second-order valence-electron chi connectivity index (χ2n) is 6.47. The topological polar surface area (TPSA) is 70.1 Å². The Hall–Kier alpha value is -2.40. The van der Waals surface area contributed by atoms with Gasteiger partial charge in [-0.3, -0.25) is 0 Å². The van der Waals surface area contributed by atoms with Gasteiger partial charge >= 0.3 is 0 Å². The number of aliphatic hydroxyl groups is 1. The van der Waals surface area contributed by atoms with Gasteiger partial charge in [0, 0.05) is 29.7 Å². The Morgan fingerprint density at radius 2 is 1.92 bits per heavy atom. The van der Waals surface area contributed by atoms with Gasteiger partial charge in [0.1, 0.15) is 5.82 Å². The van der Waals surface area contributed by atoms with Crippen molar-refractivity contribution >= 4 is 22.3 Å². The Morgan fingerprint density at radius 1 is 1.08 bits per heavy atom. The van der Waals surface area contributed by atoms with Crippen LogP contribution in [0, 0.1) is 0 Å². The van der Waals surface area contributed by atoms with E-state index in [9.17, 15) is 5.11 Å². The van der Waals surface area contributed by atoms with Crippen LogP contribution < -0.4 is 10.6 Å². The van der Waals surface area contributed by atoms with Gasteiger partial charge in [-0.05, 0) is 37.8 Å². The lowest BCUT2D eigenvalue weighted by atomic mass is 9.93. The molecule has 1 aromatic heterocycles. The van der Waals surface area contributed by atoms with Crippen LogP contribution in [0.1, 0.15) is 31.5 Å². The van der Waals surface area contributed by atoms with Gasteiger partial charge < -0.3 is 15.7 Å². The van der Waals surface area contributed by atoms with Gasteiger partial charge in [0.05, 0.1) is 11.6 Å². The van der Waals surface area contributed by atoms with Crippen LogP contribution in [0.5, 0.6) is 0 Å². The highest BCUT2D eigenvalue weighted by atomic mass is 16.3. The summed E-state index contributed by atoms with van der Waals surface area (Å²) in [5.74, 6) is 1.62. The van der Waals surface area contributed by atoms with Crippen molar-refractivity contribution in [1.29, 1.82) is 0 Å². The highest BCUT2D eigenvalue weighted by Crippen LogP contribution is 2.27. The summed E-state index contributed by atoms with van der Waals surface area (Å²) in [7, 11) is 0. The van der Waals surface area contributed by atoms with Crippen LogP contribution in [0.4, 0.5) is 5.82 Å². The second kappa shape index (κ2) is 6.61. The van der Waals surface area contributed by atoms with E-state index in [0.717, 1.165) is 60.3 Å². The van der Waals surface area contributed by atoms with E-state index in [4.69, 9.17) is 9.97 Å². The predicted octanol–water partition coefficient (Wildman–Crippen LogP) is 2.85. The number of dihydropyridines is 1. The zero-order valence-corrected chi connectivity index (χ0v) is 13.6. The van der Waals surface area contributed by atoms with Crippen molar-refractivity contribution < 1.29 is 5.11 Å². The summed E-state index contributed by atoms with van der Waals surface area (Å²) in [4.78, 5) is 9.51. The molecule has 0 amide bonds. The van der Waals surface area contributed by atoms with E-state index in [1.165, 1.54) is 0 Å². The first-order valence-electron chi connectivity index (χ1n) is 8.61. The summed E-state index contributed by atoms with van der Waals surface area (Å²) in [5.41, 5.74) is 1.94. The number of nitrogens with zero attached hydrogens (tertiary/aromatic N) is 2. The Balaban J connectivity index is 1.69. The lowest BCUT2D eigenvalue weighted by Gasteiger charge is -2.27. The van der Waals surface area contributed by atoms with E-state index in [1.807, 2.05) is 24.4 Å². The molecule has 0 spiro atoms. The molecule has 0 unspecified atom stereocenters. The highest BCUT2D eigenvalue weighted by molar-refractivity contribution is 5.90. The first-order chi connectivity index (χ1) is 11.8. The van der Waals surface area contributed by atoms with Gasteiger partial charge in [-0.1, -0.05) is 24.3 Å². The van der Waals surface area contributed by atoms with E-state index in [0.29, 0.717) is 6.04 Å². The van der Waals surface area contributed by atoms with Crippen molar-refractivity contribution in [1.82, 2.24) is 15.3 Å². The molecule has 1 aliphatic heterocycles. The molecule has 2 aliphatic rings. The van der Waals surface area contributed by atoms with Crippen LogP contribution in [0.15, 0.2) is 42.6 Å². The molecule has 2 heterocycles. The second-order valence-corrected chi connectivity index (χ2v) is 6.47. The number of benzene rings is 1. The van der Waals surface area contributed by atoms with Crippen molar-refractivity contribution in [2.45, 2.75) is 37.8 Å². The first kappa shape index (κ1) is 15.1. The molecule has 4 rings (SSSR count). The lowest BCUT2D eigenvalue weighted by molar-refractivity contribution is 0.126. The number of hydrogen-bond donors (Lipinski definition) is 3. The zero-order valence-electron chi connectivity index (χ0n) is 13.6. The largest absolute Gasteiger partial charge is 0.393 e. The van der Waals surface area contributed by atoms with Crippen molar-refractivity contribution in [2.75, 3.05) is 11.9 Å². The van der Waals surface area contributed by atoms with Crippen LogP contribution in [0.25, 0.3) is 16.5 Å². The normalized spacial score (nSPS) is 23.6. The monoisotopic (exact) mass is 322 g/mol. The summed E-state index contributed by atoms with van der Waals surface area (Å²) in [6.45, 7) is 0.840. The molecule has 1 fully saturated rings. The molecule has 0 atom stereocenters. The van der Waals surface area contributed by atoms with E-state index < -0.39 is 0 Å². The number of rotatable bonds is 3. The average Bonchev–Trinajstić information content (AvgIpc) is 2.64. The Labute approximate surface area is 141 Å². The molecule has 5 heteroatoms. The fourth-order valence-electron chi connectivity index (χ4n) is 3.34. The molecule has 1 aromatic carbocycles. The SMILES string of the molecule is O[C@H]1CC[C@H](Nc2nc(C3=CNCC=C3)nc3ccccc23)CC1. The quantitative estimate of drug-likeness (QED) is 0.810. The van der Waals surface area contributed by atoms with Crippen molar-refractivity contribution in [3.63, 3.8) is 0 Å². The van der Waals surface area contributed by atoms with Crippen LogP contribution in [-0.2, 0) is 0 Å². The molecule has 2 aromatic rings. The van der Waals surface area contributed by atoms with E-state index in [-0.39, 0.29) is 6.10 Å². The van der Waals surface area contributed by atoms with Crippen molar-refractivity contribution in [3.8, 4) is 0 Å². The number of aromatic nitrogens is 2. The molecular weight excluding hydrogens is 300 g/mol. The van der Waals surface area contributed by atoms with Gasteiger partial charge in [-0.2, -0.15) is 0 Å². The maximum absolute atomic E-state index is 9.70. The molecule has 3 N–H and O–H groups in total. The van der Waals surface area contributed by atoms with Crippen LogP contribution in [-0.4, -0.2) is 33.8 Å². The van der Waals surface area contributed by atoms with Gasteiger partial charge in [-0.25, -0.2) is 9.97 Å².